The molecule has 0 saturated carbocycles. The van der Waals surface area contributed by atoms with Gasteiger partial charge in [0.25, 0.3) is 0 Å². The van der Waals surface area contributed by atoms with Crippen molar-refractivity contribution in [2.75, 3.05) is 32.8 Å². The molecule has 1 saturated heterocycles. The van der Waals surface area contributed by atoms with E-state index in [1.165, 1.54) is 0 Å². The zero-order chi connectivity index (χ0) is 15.2. The third kappa shape index (κ3) is 5.66. The molecule has 0 aromatic heterocycles. The highest BCUT2D eigenvalue weighted by atomic mass is 19.4. The van der Waals surface area contributed by atoms with Crippen LogP contribution in [-0.2, 0) is 9.53 Å². The summed E-state index contributed by atoms with van der Waals surface area (Å²) in [4.78, 5) is 13.4. The molecule has 1 heterocycles. The minimum Gasteiger partial charge on any atom is -0.362 e. The second-order valence-electron chi connectivity index (χ2n) is 5.07. The average Bonchev–Trinajstić information content (AvgIpc) is 2.37. The summed E-state index contributed by atoms with van der Waals surface area (Å²) in [5, 5.41) is 3.39. The summed E-state index contributed by atoms with van der Waals surface area (Å²) < 4.78 is 40.3. The van der Waals surface area contributed by atoms with Gasteiger partial charge >= 0.3 is 6.18 Å². The van der Waals surface area contributed by atoms with Crippen molar-refractivity contribution in [2.45, 2.75) is 38.9 Å². The molecule has 2 atom stereocenters. The van der Waals surface area contributed by atoms with E-state index in [0.29, 0.717) is 25.0 Å². The van der Waals surface area contributed by atoms with Crippen molar-refractivity contribution in [1.82, 2.24) is 10.2 Å². The Morgan fingerprint density at radius 3 is 2.65 bits per heavy atom. The second-order valence-corrected chi connectivity index (χ2v) is 5.07. The fourth-order valence-electron chi connectivity index (χ4n) is 2.55. The van der Waals surface area contributed by atoms with Gasteiger partial charge in [0.15, 0.2) is 0 Å². The van der Waals surface area contributed by atoms with Crippen LogP contribution < -0.4 is 5.32 Å². The summed E-state index contributed by atoms with van der Waals surface area (Å²) in [6.45, 7) is 4.26. The number of nitrogens with one attached hydrogen (secondary N) is 1. The Kier molecular flexibility index (Phi) is 6.75. The van der Waals surface area contributed by atoms with Gasteiger partial charge in [-0.1, -0.05) is 20.3 Å². The Hall–Kier alpha value is -0.820. The molecule has 0 radical (unpaired) electrons. The molecular formula is C13H23F3N2O2. The molecule has 118 valence electrons. The topological polar surface area (TPSA) is 41.6 Å². The average molecular weight is 296 g/mol. The van der Waals surface area contributed by atoms with Gasteiger partial charge < -0.3 is 15.0 Å². The lowest BCUT2D eigenvalue weighted by molar-refractivity contribution is -0.178. The highest BCUT2D eigenvalue weighted by Crippen LogP contribution is 2.20. The van der Waals surface area contributed by atoms with Crippen LogP contribution in [0, 0.1) is 5.92 Å². The highest BCUT2D eigenvalue weighted by Gasteiger charge is 2.31. The SMILES string of the molecule is CCNC1CCN(C(=O)COCC(F)(F)F)CC1CC. The molecule has 1 aliphatic rings. The molecule has 0 aromatic carbocycles. The number of rotatable bonds is 6. The number of halogens is 3. The number of carbonyl (C=O) groups excluding carboxylic acids is 1. The molecule has 1 amide bonds. The van der Waals surface area contributed by atoms with Gasteiger partial charge in [0.1, 0.15) is 13.2 Å². The van der Waals surface area contributed by atoms with Gasteiger partial charge in [0, 0.05) is 19.1 Å². The molecule has 1 N–H and O–H groups in total. The van der Waals surface area contributed by atoms with Gasteiger partial charge in [-0.25, -0.2) is 0 Å². The van der Waals surface area contributed by atoms with Crippen LogP contribution >= 0.6 is 0 Å². The Bertz CT molecular complexity index is 310. The molecule has 2 unspecified atom stereocenters. The summed E-state index contributed by atoms with van der Waals surface area (Å²) in [5.41, 5.74) is 0. The van der Waals surface area contributed by atoms with E-state index in [-0.39, 0.29) is 5.91 Å². The normalized spacial score (nSPS) is 23.9. The van der Waals surface area contributed by atoms with Gasteiger partial charge in [-0.2, -0.15) is 13.2 Å². The van der Waals surface area contributed by atoms with E-state index in [1.54, 1.807) is 4.90 Å². The van der Waals surface area contributed by atoms with Gasteiger partial charge in [-0.3, -0.25) is 4.79 Å². The number of hydrogen-bond acceptors (Lipinski definition) is 3. The van der Waals surface area contributed by atoms with Crippen LogP contribution in [0.2, 0.25) is 0 Å². The number of piperidine rings is 1. The highest BCUT2D eigenvalue weighted by molar-refractivity contribution is 5.77. The number of carbonyl (C=O) groups is 1. The van der Waals surface area contributed by atoms with Gasteiger partial charge in [-0.05, 0) is 18.9 Å². The second kappa shape index (κ2) is 7.83. The maximum atomic E-state index is 11.9. The molecule has 0 aromatic rings. The number of amides is 1. The molecule has 7 heteroatoms. The smallest absolute Gasteiger partial charge is 0.362 e. The standard InChI is InChI=1S/C13H23F3N2O2/c1-3-10-7-18(6-5-11(10)17-4-2)12(19)8-20-9-13(14,15)16/h10-11,17H,3-9H2,1-2H3. The van der Waals surface area contributed by atoms with Crippen LogP contribution in [0.1, 0.15) is 26.7 Å². The zero-order valence-corrected chi connectivity index (χ0v) is 12.0. The number of ether oxygens (including phenoxy) is 1. The monoisotopic (exact) mass is 296 g/mol. The van der Waals surface area contributed by atoms with Gasteiger partial charge in [-0.15, -0.1) is 0 Å². The van der Waals surface area contributed by atoms with Gasteiger partial charge in [0.05, 0.1) is 0 Å². The third-order valence-corrected chi connectivity index (χ3v) is 3.57. The number of alkyl halides is 3. The summed E-state index contributed by atoms with van der Waals surface area (Å²) in [5.74, 6) is -0.0158. The van der Waals surface area contributed by atoms with Crippen LogP contribution in [0.5, 0.6) is 0 Å². The third-order valence-electron chi connectivity index (χ3n) is 3.57. The predicted molar refractivity (Wildman–Crippen MR) is 69.3 cm³/mol. The number of hydrogen-bond donors (Lipinski definition) is 1. The van der Waals surface area contributed by atoms with Crippen LogP contribution in [0.3, 0.4) is 0 Å². The Labute approximate surface area is 117 Å². The van der Waals surface area contributed by atoms with E-state index in [1.807, 2.05) is 6.92 Å². The molecule has 20 heavy (non-hydrogen) atoms. The first-order chi connectivity index (χ1) is 9.37. The van der Waals surface area contributed by atoms with Crippen molar-refractivity contribution < 1.29 is 22.7 Å². The van der Waals surface area contributed by atoms with E-state index in [2.05, 4.69) is 17.0 Å². The molecule has 1 fully saturated rings. The zero-order valence-electron chi connectivity index (χ0n) is 12.0. The summed E-state index contributed by atoms with van der Waals surface area (Å²) in [6.07, 6.45) is -2.62. The maximum absolute atomic E-state index is 11.9. The Morgan fingerprint density at radius 1 is 1.40 bits per heavy atom. The fraction of sp³-hybridized carbons (Fsp3) is 0.923. The number of nitrogens with zero attached hydrogens (tertiary/aromatic N) is 1. The summed E-state index contributed by atoms with van der Waals surface area (Å²) in [7, 11) is 0. The van der Waals surface area contributed by atoms with E-state index in [9.17, 15) is 18.0 Å². The number of likely N-dealkylation sites (tertiary alicyclic amines) is 1. The molecule has 1 aliphatic heterocycles. The van der Waals surface area contributed by atoms with E-state index >= 15 is 0 Å². The van der Waals surface area contributed by atoms with Crippen molar-refractivity contribution in [3.05, 3.63) is 0 Å². The molecule has 0 aliphatic carbocycles. The minimum atomic E-state index is -4.38. The van der Waals surface area contributed by atoms with E-state index in [0.717, 1.165) is 19.4 Å². The minimum absolute atomic E-state index is 0.343. The first-order valence-corrected chi connectivity index (χ1v) is 7.03. The van der Waals surface area contributed by atoms with E-state index in [4.69, 9.17) is 0 Å². The molecule has 0 spiro atoms. The largest absolute Gasteiger partial charge is 0.411 e. The lowest BCUT2D eigenvalue weighted by Gasteiger charge is -2.38. The predicted octanol–water partition coefficient (Wildman–Crippen LogP) is 1.80. The first-order valence-electron chi connectivity index (χ1n) is 7.03. The van der Waals surface area contributed by atoms with Crippen molar-refractivity contribution in [2.24, 2.45) is 5.92 Å². The Morgan fingerprint density at radius 2 is 2.10 bits per heavy atom. The van der Waals surface area contributed by atoms with Crippen molar-refractivity contribution in [3.8, 4) is 0 Å². The lowest BCUT2D eigenvalue weighted by atomic mass is 9.90. The molecule has 4 nitrogen and oxygen atoms in total. The van der Waals surface area contributed by atoms with Gasteiger partial charge in [0.2, 0.25) is 5.91 Å². The Balaban J connectivity index is 2.39. The summed E-state index contributed by atoms with van der Waals surface area (Å²) in [6, 6.07) is 0.380. The maximum Gasteiger partial charge on any atom is 0.411 e. The van der Waals surface area contributed by atoms with Crippen molar-refractivity contribution in [1.29, 1.82) is 0 Å². The first kappa shape index (κ1) is 17.2. The molecule has 1 rings (SSSR count). The van der Waals surface area contributed by atoms with Crippen molar-refractivity contribution >= 4 is 5.91 Å². The molecule has 0 bridgehead atoms. The van der Waals surface area contributed by atoms with Crippen LogP contribution in [-0.4, -0.2) is 55.9 Å². The van der Waals surface area contributed by atoms with Crippen molar-refractivity contribution in [3.63, 3.8) is 0 Å². The van der Waals surface area contributed by atoms with Crippen LogP contribution in [0.15, 0.2) is 0 Å². The fourth-order valence-corrected chi connectivity index (χ4v) is 2.55. The molecular weight excluding hydrogens is 273 g/mol. The lowest BCUT2D eigenvalue weighted by Crippen LogP contribution is -2.51. The van der Waals surface area contributed by atoms with Crippen LogP contribution in [0.25, 0.3) is 0 Å². The van der Waals surface area contributed by atoms with Crippen LogP contribution in [0.4, 0.5) is 13.2 Å². The van der Waals surface area contributed by atoms with E-state index < -0.39 is 19.4 Å². The quantitative estimate of drug-likeness (QED) is 0.812. The summed E-state index contributed by atoms with van der Waals surface area (Å²) >= 11 is 0.